The van der Waals surface area contributed by atoms with Gasteiger partial charge in [0, 0.05) is 11.4 Å². The third-order valence-corrected chi connectivity index (χ3v) is 3.33. The highest BCUT2D eigenvalue weighted by atomic mass is 127. The third-order valence-electron chi connectivity index (χ3n) is 2.64. The van der Waals surface area contributed by atoms with E-state index in [2.05, 4.69) is 21.5 Å². The van der Waals surface area contributed by atoms with Gasteiger partial charge < -0.3 is 10.6 Å². The van der Waals surface area contributed by atoms with E-state index in [0.29, 0.717) is 10.1 Å². The van der Waals surface area contributed by atoms with Gasteiger partial charge in [0.2, 0.25) is 5.91 Å². The molecule has 0 aliphatic heterocycles. The summed E-state index contributed by atoms with van der Waals surface area (Å²) < 4.78 is 0.379. The van der Waals surface area contributed by atoms with Gasteiger partial charge in [-0.05, 0) is 36.4 Å². The van der Waals surface area contributed by atoms with Crippen LogP contribution in [0, 0.1) is 0 Å². The van der Waals surface area contributed by atoms with E-state index >= 15 is 0 Å². The maximum atomic E-state index is 11.8. The predicted molar refractivity (Wildman–Crippen MR) is 96.2 cm³/mol. The molecule has 0 spiro atoms. The second-order valence-corrected chi connectivity index (χ2v) is 5.09. The van der Waals surface area contributed by atoms with Crippen LogP contribution in [0.25, 0.3) is 0 Å². The van der Waals surface area contributed by atoms with E-state index in [9.17, 15) is 9.59 Å². The SMILES string of the molecule is O=C(CI)NNc1ccc(NC(=O)Nc2ccccc2)cc1. The molecule has 0 aliphatic rings. The van der Waals surface area contributed by atoms with Gasteiger partial charge in [0.05, 0.1) is 10.1 Å². The molecule has 2 aromatic rings. The van der Waals surface area contributed by atoms with Crippen LogP contribution in [-0.2, 0) is 4.79 Å². The Kier molecular flexibility index (Phi) is 6.01. The van der Waals surface area contributed by atoms with Crippen LogP contribution in [0.15, 0.2) is 54.6 Å². The first-order valence-corrected chi connectivity index (χ1v) is 8.04. The van der Waals surface area contributed by atoms with Gasteiger partial charge in [0.25, 0.3) is 0 Å². The standard InChI is InChI=1S/C15H15IN4O2/c16-10-14(21)20-19-13-8-6-12(7-9-13)18-15(22)17-11-4-2-1-3-5-11/h1-9,19H,10H2,(H,20,21)(H2,17,18,22). The van der Waals surface area contributed by atoms with Gasteiger partial charge in [0.15, 0.2) is 0 Å². The van der Waals surface area contributed by atoms with Crippen molar-refractivity contribution in [1.29, 1.82) is 0 Å². The molecular weight excluding hydrogens is 395 g/mol. The topological polar surface area (TPSA) is 82.3 Å². The summed E-state index contributed by atoms with van der Waals surface area (Å²) in [6.07, 6.45) is 0. The number of carbonyl (C=O) groups excluding carboxylic acids is 2. The van der Waals surface area contributed by atoms with Crippen LogP contribution in [-0.4, -0.2) is 16.4 Å². The van der Waals surface area contributed by atoms with Crippen LogP contribution >= 0.6 is 22.6 Å². The number of carbonyl (C=O) groups is 2. The van der Waals surface area contributed by atoms with Gasteiger partial charge in [0.1, 0.15) is 0 Å². The summed E-state index contributed by atoms with van der Waals surface area (Å²) in [5, 5.41) is 5.46. The Morgan fingerprint density at radius 2 is 1.36 bits per heavy atom. The van der Waals surface area contributed by atoms with Crippen molar-refractivity contribution in [2.45, 2.75) is 0 Å². The van der Waals surface area contributed by atoms with Crippen molar-refractivity contribution < 1.29 is 9.59 Å². The number of para-hydroxylation sites is 1. The number of alkyl halides is 1. The van der Waals surface area contributed by atoms with Gasteiger partial charge in [-0.1, -0.05) is 40.8 Å². The zero-order chi connectivity index (χ0) is 15.8. The summed E-state index contributed by atoms with van der Waals surface area (Å²) in [5.41, 5.74) is 7.43. The molecular formula is C15H15IN4O2. The molecule has 0 unspecified atom stereocenters. The molecule has 0 heterocycles. The lowest BCUT2D eigenvalue weighted by atomic mass is 10.3. The average Bonchev–Trinajstić information content (AvgIpc) is 2.54. The quantitative estimate of drug-likeness (QED) is 0.347. The summed E-state index contributed by atoms with van der Waals surface area (Å²) in [4.78, 5) is 22.9. The first-order chi connectivity index (χ1) is 10.7. The van der Waals surface area contributed by atoms with Crippen LogP contribution in [0.3, 0.4) is 0 Å². The van der Waals surface area contributed by atoms with Gasteiger partial charge >= 0.3 is 6.03 Å². The fourth-order valence-corrected chi connectivity index (χ4v) is 1.82. The Morgan fingerprint density at radius 1 is 0.818 bits per heavy atom. The molecule has 6 nitrogen and oxygen atoms in total. The molecule has 0 saturated heterocycles. The van der Waals surface area contributed by atoms with Crippen molar-refractivity contribution in [3.8, 4) is 0 Å². The molecule has 0 bridgehead atoms. The molecule has 22 heavy (non-hydrogen) atoms. The molecule has 7 heteroatoms. The summed E-state index contributed by atoms with van der Waals surface area (Å²) >= 11 is 1.98. The van der Waals surface area contributed by atoms with Crippen LogP contribution in [0.4, 0.5) is 21.9 Å². The molecule has 114 valence electrons. The molecule has 4 N–H and O–H groups in total. The molecule has 0 aromatic heterocycles. The average molecular weight is 410 g/mol. The smallest absolute Gasteiger partial charge is 0.308 e. The molecule has 2 rings (SSSR count). The summed E-state index contributed by atoms with van der Waals surface area (Å²) in [6.45, 7) is 0. The molecule has 0 radical (unpaired) electrons. The van der Waals surface area contributed by atoms with Crippen molar-refractivity contribution in [3.63, 3.8) is 0 Å². The second-order valence-electron chi connectivity index (χ2n) is 4.33. The van der Waals surface area contributed by atoms with E-state index in [0.717, 1.165) is 11.4 Å². The van der Waals surface area contributed by atoms with Crippen molar-refractivity contribution in [2.24, 2.45) is 0 Å². The number of anilines is 3. The number of amides is 3. The minimum Gasteiger partial charge on any atom is -0.308 e. The summed E-state index contributed by atoms with van der Waals surface area (Å²) in [5.74, 6) is -0.106. The monoisotopic (exact) mass is 410 g/mol. The van der Waals surface area contributed by atoms with Gasteiger partial charge in [-0.15, -0.1) is 0 Å². The second kappa shape index (κ2) is 8.23. The van der Waals surface area contributed by atoms with Gasteiger partial charge in [-0.3, -0.25) is 15.6 Å². The molecule has 0 aliphatic carbocycles. The molecule has 0 fully saturated rings. The van der Waals surface area contributed by atoms with Gasteiger partial charge in [-0.25, -0.2) is 4.79 Å². The molecule has 3 amide bonds. The lowest BCUT2D eigenvalue weighted by molar-refractivity contribution is -0.117. The van der Waals surface area contributed by atoms with Crippen LogP contribution in [0.1, 0.15) is 0 Å². The number of halogens is 1. The fraction of sp³-hybridized carbons (Fsp3) is 0.0667. The summed E-state index contributed by atoms with van der Waals surface area (Å²) in [6, 6.07) is 15.9. The van der Waals surface area contributed by atoms with Crippen LogP contribution in [0.5, 0.6) is 0 Å². The van der Waals surface area contributed by atoms with E-state index in [-0.39, 0.29) is 11.9 Å². The zero-order valence-corrected chi connectivity index (χ0v) is 13.8. The lowest BCUT2D eigenvalue weighted by Gasteiger charge is -2.10. The first kappa shape index (κ1) is 16.1. The fourth-order valence-electron chi connectivity index (χ4n) is 1.63. The highest BCUT2D eigenvalue weighted by Crippen LogP contribution is 2.13. The largest absolute Gasteiger partial charge is 0.323 e. The number of benzene rings is 2. The number of nitrogens with one attached hydrogen (secondary N) is 4. The van der Waals surface area contributed by atoms with Crippen LogP contribution in [0.2, 0.25) is 0 Å². The summed E-state index contributed by atoms with van der Waals surface area (Å²) in [7, 11) is 0. The third kappa shape index (κ3) is 5.24. The van der Waals surface area contributed by atoms with E-state index in [1.54, 1.807) is 24.3 Å². The number of rotatable bonds is 5. The predicted octanol–water partition coefficient (Wildman–Crippen LogP) is 3.21. The highest BCUT2D eigenvalue weighted by molar-refractivity contribution is 14.1. The van der Waals surface area contributed by atoms with Crippen molar-refractivity contribution in [3.05, 3.63) is 54.6 Å². The first-order valence-electron chi connectivity index (χ1n) is 6.51. The molecule has 2 aromatic carbocycles. The Balaban J connectivity index is 1.85. The Labute approximate surface area is 141 Å². The van der Waals surface area contributed by atoms with Crippen molar-refractivity contribution in [1.82, 2.24) is 5.43 Å². The number of hydrogen-bond acceptors (Lipinski definition) is 3. The number of hydrogen-bond donors (Lipinski definition) is 4. The maximum absolute atomic E-state index is 11.8. The Morgan fingerprint density at radius 3 is 1.95 bits per heavy atom. The molecule has 0 saturated carbocycles. The van der Waals surface area contributed by atoms with E-state index in [1.807, 2.05) is 52.9 Å². The van der Waals surface area contributed by atoms with E-state index < -0.39 is 0 Å². The lowest BCUT2D eigenvalue weighted by Crippen LogP contribution is -2.30. The normalized spacial score (nSPS) is 9.68. The maximum Gasteiger partial charge on any atom is 0.323 e. The highest BCUT2D eigenvalue weighted by Gasteiger charge is 2.02. The van der Waals surface area contributed by atoms with Crippen molar-refractivity contribution in [2.75, 3.05) is 20.5 Å². The van der Waals surface area contributed by atoms with Crippen molar-refractivity contribution >= 4 is 51.6 Å². The van der Waals surface area contributed by atoms with E-state index in [4.69, 9.17) is 0 Å². The van der Waals surface area contributed by atoms with Gasteiger partial charge in [-0.2, -0.15) is 0 Å². The minimum atomic E-state index is -0.315. The number of hydrazine groups is 1. The number of urea groups is 1. The minimum absolute atomic E-state index is 0.106. The Hall–Kier alpha value is -2.29. The van der Waals surface area contributed by atoms with Crippen LogP contribution < -0.4 is 21.5 Å². The zero-order valence-electron chi connectivity index (χ0n) is 11.6. The van der Waals surface area contributed by atoms with E-state index in [1.165, 1.54) is 0 Å². The Bertz CT molecular complexity index is 632. The molecule has 0 atom stereocenters.